The molecule has 1 N–H and O–H groups in total. The predicted octanol–water partition coefficient (Wildman–Crippen LogP) is 4.70. The molecule has 1 unspecified atom stereocenters. The van der Waals surface area contributed by atoms with Gasteiger partial charge in [0.15, 0.2) is 0 Å². The normalized spacial score (nSPS) is 12.2. The van der Waals surface area contributed by atoms with Gasteiger partial charge in [-0.05, 0) is 48.7 Å². The zero-order valence-corrected chi connectivity index (χ0v) is 11.1. The van der Waals surface area contributed by atoms with E-state index < -0.39 is 11.6 Å². The maximum atomic E-state index is 13.2. The van der Waals surface area contributed by atoms with Crippen molar-refractivity contribution in [1.82, 2.24) is 0 Å². The first kappa shape index (κ1) is 13.5. The van der Waals surface area contributed by atoms with Crippen molar-refractivity contribution in [2.45, 2.75) is 26.3 Å². The molecule has 0 heterocycles. The second-order valence-corrected chi connectivity index (χ2v) is 4.62. The van der Waals surface area contributed by atoms with E-state index in [2.05, 4.69) is 18.3 Å². The summed E-state index contributed by atoms with van der Waals surface area (Å²) in [4.78, 5) is 0. The number of hydrogen-bond acceptors (Lipinski definition) is 1. The fraction of sp³-hybridized carbons (Fsp3) is 0.250. The average molecular weight is 261 g/mol. The summed E-state index contributed by atoms with van der Waals surface area (Å²) in [5.74, 6) is -1.10. The van der Waals surface area contributed by atoms with Gasteiger partial charge in [0.2, 0.25) is 0 Å². The van der Waals surface area contributed by atoms with Crippen molar-refractivity contribution in [2.24, 2.45) is 0 Å². The zero-order chi connectivity index (χ0) is 13.8. The number of nitrogens with one attached hydrogen (secondary N) is 1. The molecule has 100 valence electrons. The molecule has 1 atom stereocenters. The quantitative estimate of drug-likeness (QED) is 0.841. The van der Waals surface area contributed by atoms with Gasteiger partial charge in [-0.1, -0.05) is 19.1 Å². The molecule has 0 saturated heterocycles. The van der Waals surface area contributed by atoms with Crippen LogP contribution in [0.4, 0.5) is 14.5 Å². The van der Waals surface area contributed by atoms with Crippen molar-refractivity contribution >= 4 is 5.69 Å². The molecule has 0 aromatic heterocycles. The van der Waals surface area contributed by atoms with Gasteiger partial charge in [-0.3, -0.25) is 0 Å². The third-order valence-electron chi connectivity index (χ3n) is 3.10. The Morgan fingerprint density at radius 3 is 2.37 bits per heavy atom. The van der Waals surface area contributed by atoms with Crippen LogP contribution in [0.2, 0.25) is 0 Å². The number of rotatable bonds is 4. The second kappa shape index (κ2) is 5.83. The first-order chi connectivity index (χ1) is 9.08. The third-order valence-corrected chi connectivity index (χ3v) is 3.10. The summed E-state index contributed by atoms with van der Waals surface area (Å²) >= 11 is 0. The minimum atomic E-state index is -0.550. The predicted molar refractivity (Wildman–Crippen MR) is 74.2 cm³/mol. The Hall–Kier alpha value is -1.90. The van der Waals surface area contributed by atoms with Crippen LogP contribution in [0.15, 0.2) is 42.5 Å². The maximum absolute atomic E-state index is 13.2. The molecule has 0 aliphatic heterocycles. The van der Waals surface area contributed by atoms with E-state index in [4.69, 9.17) is 0 Å². The Morgan fingerprint density at radius 2 is 1.74 bits per heavy atom. The minimum absolute atomic E-state index is 0.155. The highest BCUT2D eigenvalue weighted by atomic mass is 19.1. The summed E-state index contributed by atoms with van der Waals surface area (Å²) in [5, 5.41) is 3.25. The molecule has 0 spiro atoms. The topological polar surface area (TPSA) is 12.0 Å². The highest BCUT2D eigenvalue weighted by Crippen LogP contribution is 2.21. The van der Waals surface area contributed by atoms with Crippen molar-refractivity contribution in [1.29, 1.82) is 0 Å². The Kier molecular flexibility index (Phi) is 4.15. The van der Waals surface area contributed by atoms with E-state index in [1.807, 2.05) is 25.1 Å². The van der Waals surface area contributed by atoms with Crippen molar-refractivity contribution < 1.29 is 8.78 Å². The van der Waals surface area contributed by atoms with E-state index in [1.165, 1.54) is 17.7 Å². The van der Waals surface area contributed by atoms with Gasteiger partial charge in [0.05, 0.1) is 0 Å². The molecule has 0 amide bonds. The summed E-state index contributed by atoms with van der Waals surface area (Å²) in [7, 11) is 0. The monoisotopic (exact) mass is 261 g/mol. The number of halogens is 2. The van der Waals surface area contributed by atoms with E-state index in [0.717, 1.165) is 18.2 Å². The summed E-state index contributed by atoms with van der Waals surface area (Å²) in [5.41, 5.74) is 2.78. The molecule has 1 nitrogen and oxygen atoms in total. The highest BCUT2D eigenvalue weighted by Gasteiger charge is 2.08. The van der Waals surface area contributed by atoms with Gasteiger partial charge < -0.3 is 5.32 Å². The fourth-order valence-electron chi connectivity index (χ4n) is 2.04. The number of benzene rings is 2. The second-order valence-electron chi connectivity index (χ2n) is 4.62. The van der Waals surface area contributed by atoms with Crippen LogP contribution in [0, 0.1) is 11.6 Å². The molecular weight excluding hydrogens is 244 g/mol. The number of hydrogen-bond donors (Lipinski definition) is 1. The van der Waals surface area contributed by atoms with Crippen LogP contribution in [-0.2, 0) is 6.42 Å². The van der Waals surface area contributed by atoms with Crippen LogP contribution in [0.5, 0.6) is 0 Å². The summed E-state index contributed by atoms with van der Waals surface area (Å²) < 4.78 is 26.4. The van der Waals surface area contributed by atoms with Gasteiger partial charge in [0.1, 0.15) is 11.6 Å². The molecule has 2 rings (SSSR count). The molecule has 0 aliphatic carbocycles. The van der Waals surface area contributed by atoms with E-state index in [-0.39, 0.29) is 6.04 Å². The lowest BCUT2D eigenvalue weighted by Crippen LogP contribution is -2.07. The molecule has 19 heavy (non-hydrogen) atoms. The van der Waals surface area contributed by atoms with Crippen LogP contribution in [0.3, 0.4) is 0 Å². The Balaban J connectivity index is 2.17. The maximum Gasteiger partial charge on any atom is 0.126 e. The standard InChI is InChI=1S/C16H17F2N/c1-3-12-5-4-6-16(7-12)19-11(2)13-8-14(17)10-15(18)9-13/h4-11,19H,3H2,1-2H3. The molecule has 0 radical (unpaired) electrons. The lowest BCUT2D eigenvalue weighted by atomic mass is 10.1. The lowest BCUT2D eigenvalue weighted by Gasteiger charge is -2.16. The Labute approximate surface area is 112 Å². The van der Waals surface area contributed by atoms with Crippen LogP contribution in [-0.4, -0.2) is 0 Å². The molecule has 2 aromatic rings. The fourth-order valence-corrected chi connectivity index (χ4v) is 2.04. The SMILES string of the molecule is CCc1cccc(NC(C)c2cc(F)cc(F)c2)c1. The molecule has 0 bridgehead atoms. The van der Waals surface area contributed by atoms with Crippen molar-refractivity contribution in [2.75, 3.05) is 5.32 Å². The van der Waals surface area contributed by atoms with E-state index >= 15 is 0 Å². The van der Waals surface area contributed by atoms with Gasteiger partial charge in [0.25, 0.3) is 0 Å². The largest absolute Gasteiger partial charge is 0.379 e. The van der Waals surface area contributed by atoms with Crippen LogP contribution in [0.25, 0.3) is 0 Å². The molecular formula is C16H17F2N. The first-order valence-corrected chi connectivity index (χ1v) is 6.40. The van der Waals surface area contributed by atoms with Gasteiger partial charge in [-0.2, -0.15) is 0 Å². The van der Waals surface area contributed by atoms with Crippen molar-refractivity contribution in [3.05, 3.63) is 65.2 Å². The van der Waals surface area contributed by atoms with Crippen LogP contribution < -0.4 is 5.32 Å². The van der Waals surface area contributed by atoms with E-state index in [9.17, 15) is 8.78 Å². The third kappa shape index (κ3) is 3.53. The average Bonchev–Trinajstić information content (AvgIpc) is 2.37. The van der Waals surface area contributed by atoms with Gasteiger partial charge >= 0.3 is 0 Å². The lowest BCUT2D eigenvalue weighted by molar-refractivity contribution is 0.577. The zero-order valence-electron chi connectivity index (χ0n) is 11.1. The number of aryl methyl sites for hydroxylation is 1. The molecule has 2 aromatic carbocycles. The Bertz CT molecular complexity index is 546. The van der Waals surface area contributed by atoms with Crippen LogP contribution in [0.1, 0.15) is 31.0 Å². The minimum Gasteiger partial charge on any atom is -0.379 e. The summed E-state index contributed by atoms with van der Waals surface area (Å²) in [6.07, 6.45) is 0.957. The first-order valence-electron chi connectivity index (χ1n) is 6.40. The Morgan fingerprint density at radius 1 is 1.05 bits per heavy atom. The molecule has 3 heteroatoms. The highest BCUT2D eigenvalue weighted by molar-refractivity contribution is 5.47. The smallest absolute Gasteiger partial charge is 0.126 e. The van der Waals surface area contributed by atoms with Gasteiger partial charge in [-0.25, -0.2) is 8.78 Å². The molecule has 0 fully saturated rings. The van der Waals surface area contributed by atoms with E-state index in [1.54, 1.807) is 0 Å². The van der Waals surface area contributed by atoms with Crippen molar-refractivity contribution in [3.63, 3.8) is 0 Å². The molecule has 0 aliphatic rings. The van der Waals surface area contributed by atoms with Crippen molar-refractivity contribution in [3.8, 4) is 0 Å². The number of anilines is 1. The summed E-state index contributed by atoms with van der Waals surface area (Å²) in [6, 6.07) is 11.5. The van der Waals surface area contributed by atoms with Crippen LogP contribution >= 0.6 is 0 Å². The van der Waals surface area contributed by atoms with E-state index in [0.29, 0.717) is 5.56 Å². The molecule has 0 saturated carbocycles. The summed E-state index contributed by atoms with van der Waals surface area (Å²) in [6.45, 7) is 3.97. The van der Waals surface area contributed by atoms with Gasteiger partial charge in [0, 0.05) is 17.8 Å². The van der Waals surface area contributed by atoms with Gasteiger partial charge in [-0.15, -0.1) is 0 Å².